The van der Waals surface area contributed by atoms with Gasteiger partial charge in [-0.25, -0.2) is 8.78 Å². The van der Waals surface area contributed by atoms with Gasteiger partial charge >= 0.3 is 0 Å². The number of halogens is 2. The van der Waals surface area contributed by atoms with Gasteiger partial charge in [-0.2, -0.15) is 0 Å². The maximum atomic E-state index is 16.6. The summed E-state index contributed by atoms with van der Waals surface area (Å²) in [6, 6.07) is 4.23. The third-order valence-electron chi connectivity index (χ3n) is 12.4. The van der Waals surface area contributed by atoms with Gasteiger partial charge < -0.3 is 9.80 Å². The molecule has 0 spiro atoms. The molecule has 340 valence electrons. The highest BCUT2D eigenvalue weighted by molar-refractivity contribution is 7.15. The predicted octanol–water partition coefficient (Wildman–Crippen LogP) is 15.3. The highest BCUT2D eigenvalue weighted by Gasteiger charge is 2.50. The van der Waals surface area contributed by atoms with E-state index in [1.54, 1.807) is 37.0 Å². The fourth-order valence-electron chi connectivity index (χ4n) is 9.13. The molecule has 5 rings (SSSR count). The van der Waals surface area contributed by atoms with E-state index in [1.807, 2.05) is 11.0 Å². The molecule has 2 N–H and O–H groups in total. The molecule has 2 aliphatic heterocycles. The first kappa shape index (κ1) is 49.5. The Morgan fingerprint density at radius 1 is 0.532 bits per heavy atom. The number of unbranched alkanes of at least 4 members (excludes halogenated alkanes) is 12. The third kappa shape index (κ3) is 10.5. The molecule has 3 aliphatic rings. The molecule has 2 aromatic heterocycles. The van der Waals surface area contributed by atoms with Gasteiger partial charge in [0, 0.05) is 28.4 Å². The van der Waals surface area contributed by atoms with Crippen molar-refractivity contribution in [2.75, 3.05) is 13.1 Å². The summed E-state index contributed by atoms with van der Waals surface area (Å²) in [7, 11) is 0. The Kier molecular flexibility index (Phi) is 17.1. The van der Waals surface area contributed by atoms with Crippen molar-refractivity contribution in [2.24, 2.45) is 5.41 Å². The fourth-order valence-corrected chi connectivity index (χ4v) is 11.8. The molecule has 0 fully saturated rings. The van der Waals surface area contributed by atoms with E-state index in [-0.39, 0.29) is 39.8 Å². The zero-order chi connectivity index (χ0) is 45.5. The highest BCUT2D eigenvalue weighted by atomic mass is 32.1. The van der Waals surface area contributed by atoms with Crippen LogP contribution < -0.4 is 0 Å². The summed E-state index contributed by atoms with van der Waals surface area (Å²) < 4.78 is 32.7. The topological polar surface area (TPSA) is 88.3 Å². The number of amides is 2. The molecule has 0 aromatic carbocycles. The molecule has 0 saturated carbocycles. The summed E-state index contributed by atoms with van der Waals surface area (Å²) in [4.78, 5) is 37.4. The van der Waals surface area contributed by atoms with Gasteiger partial charge in [-0.3, -0.25) is 20.4 Å². The van der Waals surface area contributed by atoms with Crippen molar-refractivity contribution >= 4 is 62.9 Å². The van der Waals surface area contributed by atoms with Gasteiger partial charge in [-0.05, 0) is 72.6 Å². The van der Waals surface area contributed by atoms with Crippen LogP contribution >= 0.6 is 22.7 Å². The molecule has 0 unspecified atom stereocenters. The molecule has 0 atom stereocenters. The maximum Gasteiger partial charge on any atom is 0.261 e. The van der Waals surface area contributed by atoms with Crippen molar-refractivity contribution in [1.29, 1.82) is 10.8 Å². The number of nitrogens with zero attached hydrogens (tertiary/aromatic N) is 2. The Balaban J connectivity index is 1.78. The zero-order valence-electron chi connectivity index (χ0n) is 39.6. The van der Waals surface area contributed by atoms with Crippen LogP contribution in [-0.2, 0) is 27.8 Å². The smallest absolute Gasteiger partial charge is 0.261 e. The zero-order valence-corrected chi connectivity index (χ0v) is 41.2. The van der Waals surface area contributed by atoms with E-state index < -0.39 is 17.1 Å². The molecule has 0 radical (unpaired) electrons. The number of rotatable bonds is 23. The summed E-state index contributed by atoms with van der Waals surface area (Å²) in [5, 5.41) is 18.1. The van der Waals surface area contributed by atoms with Crippen molar-refractivity contribution in [3.63, 3.8) is 0 Å². The van der Waals surface area contributed by atoms with Gasteiger partial charge in [0.2, 0.25) is 0 Å². The Labute approximate surface area is 380 Å². The van der Waals surface area contributed by atoms with E-state index in [1.165, 1.54) is 28.2 Å². The number of hydrogen-bond donors (Lipinski definition) is 2. The summed E-state index contributed by atoms with van der Waals surface area (Å²) in [5.41, 5.74) is 2.18. The Morgan fingerprint density at radius 3 is 1.42 bits per heavy atom. The number of nitrogens with one attached hydrogen (secondary N) is 2. The molecule has 6 nitrogen and oxygen atoms in total. The lowest BCUT2D eigenvalue weighted by Crippen LogP contribution is -2.30. The molecule has 1 aliphatic carbocycles. The van der Waals surface area contributed by atoms with Crippen LogP contribution in [0.5, 0.6) is 0 Å². The number of allylic oxidation sites excluding steroid dienone is 4. The second-order valence-corrected chi connectivity index (χ2v) is 21.8. The number of aryl methyl sites for hydroxylation is 2. The first-order valence-corrected chi connectivity index (χ1v) is 25.5. The van der Waals surface area contributed by atoms with Crippen molar-refractivity contribution < 1.29 is 18.4 Å². The van der Waals surface area contributed by atoms with Crippen LogP contribution in [0.3, 0.4) is 0 Å². The van der Waals surface area contributed by atoms with Crippen LogP contribution in [0.2, 0.25) is 0 Å². The van der Waals surface area contributed by atoms with E-state index in [2.05, 4.69) is 54.5 Å². The minimum Gasteiger partial charge on any atom is -0.306 e. The largest absolute Gasteiger partial charge is 0.306 e. The van der Waals surface area contributed by atoms with Gasteiger partial charge in [0.25, 0.3) is 11.8 Å². The number of carbonyl (C=O) groups is 2. The van der Waals surface area contributed by atoms with Crippen molar-refractivity contribution in [3.05, 3.63) is 71.1 Å². The monoisotopic (exact) mass is 889 g/mol. The van der Waals surface area contributed by atoms with E-state index >= 15 is 18.4 Å². The summed E-state index contributed by atoms with van der Waals surface area (Å²) in [6.07, 6.45) is 17.6. The summed E-state index contributed by atoms with van der Waals surface area (Å²) >= 11 is 2.94. The predicted molar refractivity (Wildman–Crippen MR) is 260 cm³/mol. The van der Waals surface area contributed by atoms with E-state index in [0.29, 0.717) is 51.8 Å². The second kappa shape index (κ2) is 21.5. The quantitative estimate of drug-likeness (QED) is 0.0860. The molecule has 62 heavy (non-hydrogen) atoms. The number of hydrogen-bond acceptors (Lipinski definition) is 6. The van der Waals surface area contributed by atoms with Gasteiger partial charge in [0.15, 0.2) is 11.7 Å². The van der Waals surface area contributed by atoms with Crippen molar-refractivity contribution in [3.8, 4) is 0 Å². The Bertz CT molecular complexity index is 2130. The van der Waals surface area contributed by atoms with Gasteiger partial charge in [0.1, 0.15) is 0 Å². The van der Waals surface area contributed by atoms with Crippen LogP contribution in [-0.4, -0.2) is 46.1 Å². The highest BCUT2D eigenvalue weighted by Crippen LogP contribution is 2.52. The summed E-state index contributed by atoms with van der Waals surface area (Å²) in [6.45, 7) is 21.5. The first-order valence-electron chi connectivity index (χ1n) is 23.8. The van der Waals surface area contributed by atoms with Crippen molar-refractivity contribution in [1.82, 2.24) is 9.80 Å². The minimum atomic E-state index is -1.12. The van der Waals surface area contributed by atoms with Gasteiger partial charge in [-0.15, -0.1) is 22.7 Å². The Hall–Kier alpha value is -3.50. The number of thiophene rings is 2. The van der Waals surface area contributed by atoms with E-state index in [4.69, 9.17) is 10.8 Å². The standard InChI is InChI=1S/C52H74F2N4O2S2/c1-11-15-19-23-27-33-31-35(61-47(33)39-41(53)42(54)40(51(5,6)7)44(56)43(39)55)45-37-38(50(60)57(45)29-25-21-17-13-3)46(58(49(37)59)30-26-22-18-14-4)36-32-34(28-24-20-16-12-2)48(62-36)52(8,9)10/h31-32,55-56H,11-30H2,1-10H3. The van der Waals surface area contributed by atoms with Crippen molar-refractivity contribution in [2.45, 2.75) is 190 Å². The SMILES string of the molecule is CCCCCCc1cc(C2=C3C(=O)N(CCCCCC)C(c4cc(CCCCCC)c(C(C)(C)C)s4)=C3C(=O)N2CCCCCC)sc1C1=C(F)C(F)=C(C(C)(C)C)C(=N)C1=N. The minimum absolute atomic E-state index is 0.111. The molecule has 0 saturated heterocycles. The molecule has 0 bridgehead atoms. The van der Waals surface area contributed by atoms with Crippen LogP contribution in [0.15, 0.2) is 40.5 Å². The second-order valence-electron chi connectivity index (χ2n) is 19.7. The first-order chi connectivity index (χ1) is 29.4. The molecule has 2 amide bonds. The molecule has 10 heteroatoms. The van der Waals surface area contributed by atoms with Crippen LogP contribution in [0.25, 0.3) is 17.0 Å². The third-order valence-corrected chi connectivity index (χ3v) is 15.2. The summed E-state index contributed by atoms with van der Waals surface area (Å²) in [5.74, 6) is -2.57. The lowest BCUT2D eigenvalue weighted by Gasteiger charge is -2.28. The average Bonchev–Trinajstić information content (AvgIpc) is 3.96. The molecular weight excluding hydrogens is 815 g/mol. The lowest BCUT2D eigenvalue weighted by molar-refractivity contribution is -0.124. The number of carbonyl (C=O) groups excluding carboxylic acids is 2. The van der Waals surface area contributed by atoms with Crippen LogP contribution in [0.1, 0.15) is 203 Å². The fraction of sp³-hybridized carbons (Fsp3) is 0.615. The van der Waals surface area contributed by atoms with E-state index in [9.17, 15) is 0 Å². The number of fused-ring (bicyclic) bond motifs is 1. The molecule has 4 heterocycles. The van der Waals surface area contributed by atoms with Gasteiger partial charge in [-0.1, -0.05) is 146 Å². The van der Waals surface area contributed by atoms with Crippen LogP contribution in [0, 0.1) is 16.2 Å². The molecular formula is C52H74F2N4O2S2. The lowest BCUT2D eigenvalue weighted by atomic mass is 9.77. The van der Waals surface area contributed by atoms with E-state index in [0.717, 1.165) is 113 Å². The molecule has 2 aromatic rings. The van der Waals surface area contributed by atoms with Crippen LogP contribution in [0.4, 0.5) is 8.78 Å². The van der Waals surface area contributed by atoms with Gasteiger partial charge in [0.05, 0.1) is 49.3 Å². The Morgan fingerprint density at radius 2 is 0.968 bits per heavy atom. The average molecular weight is 889 g/mol. The maximum absolute atomic E-state index is 16.6. The normalized spacial score (nSPS) is 16.5.